The first-order chi connectivity index (χ1) is 14.7. The maximum absolute atomic E-state index is 12.5. The first-order valence-corrected chi connectivity index (χ1v) is 11.6. The zero-order valence-electron chi connectivity index (χ0n) is 17.6. The normalized spacial score (nSPS) is 11.5. The summed E-state index contributed by atoms with van der Waals surface area (Å²) in [4.78, 5) is 12.5. The molecule has 158 valence electrons. The number of carbonyl (C=O) groups is 1. The third-order valence-corrected chi connectivity index (χ3v) is 6.46. The van der Waals surface area contributed by atoms with E-state index >= 15 is 0 Å². The van der Waals surface area contributed by atoms with Crippen LogP contribution < -0.4 is 5.43 Å². The minimum atomic E-state index is -0.386. The van der Waals surface area contributed by atoms with E-state index in [4.69, 9.17) is 4.42 Å². The van der Waals surface area contributed by atoms with Gasteiger partial charge in [-0.25, -0.2) is 5.43 Å². The molecule has 2 aromatic carbocycles. The molecular weight excluding hydrogens is 569 g/mol. The highest BCUT2D eigenvalue weighted by Crippen LogP contribution is 2.28. The first-order valence-electron chi connectivity index (χ1n) is 9.73. The summed E-state index contributed by atoms with van der Waals surface area (Å²) in [6.07, 6.45) is 1.67. The number of amides is 1. The lowest BCUT2D eigenvalue weighted by Crippen LogP contribution is -2.16. The summed E-state index contributed by atoms with van der Waals surface area (Å²) in [5.74, 6) is -0.160. The lowest BCUT2D eigenvalue weighted by molar-refractivity contribution is 0.0929. The van der Waals surface area contributed by atoms with Crippen LogP contribution in [0.2, 0.25) is 0 Å². The van der Waals surface area contributed by atoms with Crippen molar-refractivity contribution in [3.8, 4) is 5.69 Å². The van der Waals surface area contributed by atoms with E-state index in [1.165, 1.54) is 11.1 Å². The van der Waals surface area contributed by atoms with Gasteiger partial charge in [0.05, 0.1) is 9.78 Å². The second kappa shape index (κ2) is 8.63. The second-order valence-corrected chi connectivity index (χ2v) is 9.65. The van der Waals surface area contributed by atoms with Crippen molar-refractivity contribution in [2.45, 2.75) is 27.7 Å². The highest BCUT2D eigenvalue weighted by Gasteiger charge is 2.15. The van der Waals surface area contributed by atoms with Crippen LogP contribution in [0.5, 0.6) is 0 Å². The maximum atomic E-state index is 12.5. The van der Waals surface area contributed by atoms with Crippen LogP contribution in [0.4, 0.5) is 0 Å². The van der Waals surface area contributed by atoms with Crippen molar-refractivity contribution >= 4 is 61.6 Å². The second-order valence-electron chi connectivity index (χ2n) is 7.57. The van der Waals surface area contributed by atoms with Crippen LogP contribution in [-0.2, 0) is 0 Å². The highest BCUT2D eigenvalue weighted by atomic mass is 127. The summed E-state index contributed by atoms with van der Waals surface area (Å²) in [5.41, 5.74) is 9.95. The molecule has 5 nitrogen and oxygen atoms in total. The number of fused-ring (bicyclic) bond motifs is 1. The van der Waals surface area contributed by atoms with Gasteiger partial charge >= 0.3 is 5.91 Å². The van der Waals surface area contributed by atoms with Gasteiger partial charge in [-0.3, -0.25) is 4.79 Å². The van der Waals surface area contributed by atoms with E-state index in [0.717, 1.165) is 36.1 Å². The standard InChI is InChI=1S/C24H21BrIN3O2/c1-13-5-6-14(2)21(7-13)29-15(3)8-18(16(29)4)12-27-28-24(30)22-10-17-9-19(25)11-20(26)23(17)31-22/h5-12H,1-4H3,(H,28,30)/b27-12-. The van der Waals surface area contributed by atoms with Gasteiger partial charge in [-0.05, 0) is 91.7 Å². The van der Waals surface area contributed by atoms with Crippen LogP contribution in [0.25, 0.3) is 16.7 Å². The number of benzene rings is 2. The molecule has 0 saturated heterocycles. The van der Waals surface area contributed by atoms with Crippen LogP contribution in [0.15, 0.2) is 56.5 Å². The third-order valence-electron chi connectivity index (χ3n) is 5.21. The van der Waals surface area contributed by atoms with E-state index in [1.54, 1.807) is 12.3 Å². The minimum absolute atomic E-state index is 0.226. The van der Waals surface area contributed by atoms with Crippen molar-refractivity contribution in [1.29, 1.82) is 0 Å². The van der Waals surface area contributed by atoms with Crippen molar-refractivity contribution < 1.29 is 9.21 Å². The predicted octanol–water partition coefficient (Wildman–Crippen LogP) is 6.59. The number of hydrogen-bond acceptors (Lipinski definition) is 3. The molecule has 2 heterocycles. The van der Waals surface area contributed by atoms with Crippen molar-refractivity contribution in [2.75, 3.05) is 0 Å². The lowest BCUT2D eigenvalue weighted by Gasteiger charge is -2.13. The van der Waals surface area contributed by atoms with Crippen molar-refractivity contribution in [3.63, 3.8) is 0 Å². The minimum Gasteiger partial charge on any atom is -0.450 e. The fourth-order valence-electron chi connectivity index (χ4n) is 3.65. The SMILES string of the molecule is Cc1ccc(C)c(-n2c(C)cc(/C=N\NC(=O)c3cc4cc(Br)cc(I)c4o3)c2C)c1. The topological polar surface area (TPSA) is 59.5 Å². The van der Waals surface area contributed by atoms with Crippen LogP contribution in [0.3, 0.4) is 0 Å². The molecule has 0 aliphatic carbocycles. The zero-order valence-corrected chi connectivity index (χ0v) is 21.3. The first kappa shape index (κ1) is 21.8. The quantitative estimate of drug-likeness (QED) is 0.166. The molecule has 31 heavy (non-hydrogen) atoms. The predicted molar refractivity (Wildman–Crippen MR) is 136 cm³/mol. The van der Waals surface area contributed by atoms with Crippen molar-refractivity contribution in [1.82, 2.24) is 9.99 Å². The number of hydrogen-bond donors (Lipinski definition) is 1. The molecule has 2 aromatic heterocycles. The smallest absolute Gasteiger partial charge is 0.307 e. The summed E-state index contributed by atoms with van der Waals surface area (Å²) >= 11 is 5.65. The van der Waals surface area contributed by atoms with Crippen molar-refractivity contribution in [3.05, 3.63) is 84.3 Å². The van der Waals surface area contributed by atoms with Gasteiger partial charge in [-0.15, -0.1) is 0 Å². The van der Waals surface area contributed by atoms with E-state index in [-0.39, 0.29) is 11.7 Å². The number of halogens is 2. The summed E-state index contributed by atoms with van der Waals surface area (Å²) in [5, 5.41) is 5.03. The Balaban J connectivity index is 1.56. The van der Waals surface area contributed by atoms with Gasteiger partial charge in [0, 0.05) is 32.5 Å². The molecule has 0 atom stereocenters. The molecule has 7 heteroatoms. The molecule has 0 bridgehead atoms. The molecule has 0 fully saturated rings. The molecule has 1 amide bonds. The van der Waals surface area contributed by atoms with Gasteiger partial charge in [-0.1, -0.05) is 28.1 Å². The molecule has 0 radical (unpaired) electrons. The molecule has 0 spiro atoms. The number of carbonyl (C=O) groups excluding carboxylic acids is 1. The Morgan fingerprint density at radius 1 is 1.13 bits per heavy atom. The summed E-state index contributed by atoms with van der Waals surface area (Å²) in [6.45, 7) is 8.32. The number of nitrogens with zero attached hydrogens (tertiary/aromatic N) is 2. The van der Waals surface area contributed by atoms with Gasteiger partial charge < -0.3 is 8.98 Å². The molecule has 4 rings (SSSR count). The number of hydrazone groups is 1. The summed E-state index contributed by atoms with van der Waals surface area (Å²) in [6, 6.07) is 14.1. The molecular formula is C24H21BrIN3O2. The molecule has 0 aliphatic rings. The number of furan rings is 1. The fourth-order valence-corrected chi connectivity index (χ4v) is 5.31. The zero-order chi connectivity index (χ0) is 22.3. The van der Waals surface area contributed by atoms with Gasteiger partial charge in [-0.2, -0.15) is 5.10 Å². The van der Waals surface area contributed by atoms with E-state index in [0.29, 0.717) is 5.58 Å². The largest absolute Gasteiger partial charge is 0.450 e. The van der Waals surface area contributed by atoms with Gasteiger partial charge in [0.25, 0.3) is 0 Å². The number of rotatable bonds is 4. The van der Waals surface area contributed by atoms with Crippen LogP contribution in [0, 0.1) is 31.3 Å². The van der Waals surface area contributed by atoms with Crippen LogP contribution >= 0.6 is 38.5 Å². The van der Waals surface area contributed by atoms with Gasteiger partial charge in [0.15, 0.2) is 5.76 Å². The Kier molecular flexibility index (Phi) is 6.07. The van der Waals surface area contributed by atoms with E-state index in [1.807, 2.05) is 12.1 Å². The Hall–Kier alpha value is -2.39. The average Bonchev–Trinajstić information content (AvgIpc) is 3.25. The molecule has 0 aliphatic heterocycles. The summed E-state index contributed by atoms with van der Waals surface area (Å²) < 4.78 is 9.81. The van der Waals surface area contributed by atoms with Gasteiger partial charge in [0.2, 0.25) is 0 Å². The average molecular weight is 590 g/mol. The third kappa shape index (κ3) is 4.34. The summed E-state index contributed by atoms with van der Waals surface area (Å²) in [7, 11) is 0. The Bertz CT molecular complexity index is 1350. The van der Waals surface area contributed by atoms with Crippen molar-refractivity contribution in [2.24, 2.45) is 5.10 Å². The Morgan fingerprint density at radius 3 is 2.68 bits per heavy atom. The lowest BCUT2D eigenvalue weighted by atomic mass is 10.1. The monoisotopic (exact) mass is 589 g/mol. The van der Waals surface area contributed by atoms with Crippen LogP contribution in [-0.4, -0.2) is 16.7 Å². The number of nitrogens with one attached hydrogen (secondary N) is 1. The molecule has 0 unspecified atom stereocenters. The molecule has 4 aromatic rings. The van der Waals surface area contributed by atoms with E-state index < -0.39 is 0 Å². The Labute approximate surface area is 202 Å². The van der Waals surface area contributed by atoms with Gasteiger partial charge in [0.1, 0.15) is 5.58 Å². The number of aromatic nitrogens is 1. The maximum Gasteiger partial charge on any atom is 0.307 e. The molecule has 0 saturated carbocycles. The highest BCUT2D eigenvalue weighted by molar-refractivity contribution is 14.1. The number of aryl methyl sites for hydroxylation is 3. The molecule has 1 N–H and O–H groups in total. The fraction of sp³-hybridized carbons (Fsp3) is 0.167. The van der Waals surface area contributed by atoms with E-state index in [2.05, 4.69) is 106 Å². The van der Waals surface area contributed by atoms with Crippen LogP contribution in [0.1, 0.15) is 38.6 Å². The Morgan fingerprint density at radius 2 is 1.90 bits per heavy atom. The van der Waals surface area contributed by atoms with E-state index in [9.17, 15) is 4.79 Å².